The number of amides is 1. The highest BCUT2D eigenvalue weighted by molar-refractivity contribution is 7.13. The van der Waals surface area contributed by atoms with E-state index in [2.05, 4.69) is 29.0 Å². The first kappa shape index (κ1) is 18.0. The molecule has 0 unspecified atom stereocenters. The number of nitrogens with zero attached hydrogens (tertiary/aromatic N) is 2. The van der Waals surface area contributed by atoms with E-state index in [1.807, 2.05) is 0 Å². The highest BCUT2D eigenvalue weighted by Crippen LogP contribution is 2.26. The second-order valence-corrected chi connectivity index (χ2v) is 7.47. The molecule has 5 nitrogen and oxygen atoms in total. The molecular formula is C18H22FN3O2S. The number of rotatable bonds is 5. The molecule has 1 amide bonds. The molecule has 2 heterocycles. The van der Waals surface area contributed by atoms with Crippen molar-refractivity contribution in [1.29, 1.82) is 0 Å². The summed E-state index contributed by atoms with van der Waals surface area (Å²) in [5, 5.41) is 5.12. The zero-order chi connectivity index (χ0) is 17.9. The van der Waals surface area contributed by atoms with E-state index in [1.165, 1.54) is 17.4 Å². The first-order valence-electron chi connectivity index (χ1n) is 8.29. The normalized spacial score (nSPS) is 16.0. The second kappa shape index (κ2) is 7.59. The molecule has 0 aliphatic carbocycles. The van der Waals surface area contributed by atoms with Crippen LogP contribution in [0.3, 0.4) is 0 Å². The van der Waals surface area contributed by atoms with Crippen LogP contribution in [0.25, 0.3) is 10.6 Å². The molecule has 7 heteroatoms. The third kappa shape index (κ3) is 4.23. The molecule has 0 bridgehead atoms. The van der Waals surface area contributed by atoms with E-state index < -0.39 is 0 Å². The molecule has 134 valence electrons. The maximum atomic E-state index is 13.8. The average molecular weight is 363 g/mol. The number of thiazole rings is 1. The van der Waals surface area contributed by atoms with Crippen molar-refractivity contribution < 1.29 is 13.9 Å². The van der Waals surface area contributed by atoms with Gasteiger partial charge in [0, 0.05) is 36.1 Å². The highest BCUT2D eigenvalue weighted by Gasteiger charge is 2.29. The number of benzene rings is 1. The number of hydrogen-bond donors (Lipinski definition) is 1. The minimum atomic E-state index is -0.336. The standard InChI is InChI=1S/C18H22FN3O2S/c1-18(2,22-7-9-24-10-8-22)12-20-16(23)15-11-25-17(21-15)13-5-3-4-6-14(13)19/h3-6,11H,7-10,12H2,1-2H3,(H,20,23). The number of ether oxygens (including phenoxy) is 1. The minimum absolute atomic E-state index is 0.163. The lowest BCUT2D eigenvalue weighted by Crippen LogP contribution is -2.55. The van der Waals surface area contributed by atoms with E-state index in [4.69, 9.17) is 4.74 Å². The lowest BCUT2D eigenvalue weighted by molar-refractivity contribution is -0.00924. The van der Waals surface area contributed by atoms with Gasteiger partial charge in [0.25, 0.3) is 5.91 Å². The minimum Gasteiger partial charge on any atom is -0.379 e. The van der Waals surface area contributed by atoms with E-state index in [1.54, 1.807) is 23.6 Å². The van der Waals surface area contributed by atoms with E-state index in [-0.39, 0.29) is 17.3 Å². The van der Waals surface area contributed by atoms with Crippen LogP contribution < -0.4 is 5.32 Å². The number of halogens is 1. The molecule has 0 atom stereocenters. The van der Waals surface area contributed by atoms with Crippen LogP contribution in [0.15, 0.2) is 29.6 Å². The molecule has 0 saturated carbocycles. The molecule has 1 aromatic heterocycles. The SMILES string of the molecule is CC(C)(CNC(=O)c1csc(-c2ccccc2F)n1)N1CCOCC1. The van der Waals surface area contributed by atoms with Gasteiger partial charge in [0.05, 0.1) is 13.2 Å². The molecule has 0 spiro atoms. The summed E-state index contributed by atoms with van der Waals surface area (Å²) in [4.78, 5) is 19.0. The third-order valence-electron chi connectivity index (χ3n) is 4.39. The lowest BCUT2D eigenvalue weighted by Gasteiger charge is -2.40. The molecule has 0 radical (unpaired) electrons. The molecule has 1 aromatic carbocycles. The summed E-state index contributed by atoms with van der Waals surface area (Å²) in [6.45, 7) is 7.87. The van der Waals surface area contributed by atoms with Crippen LogP contribution in [0.5, 0.6) is 0 Å². The van der Waals surface area contributed by atoms with Gasteiger partial charge in [-0.3, -0.25) is 9.69 Å². The summed E-state index contributed by atoms with van der Waals surface area (Å²) in [6, 6.07) is 6.44. The van der Waals surface area contributed by atoms with Crippen molar-refractivity contribution in [2.75, 3.05) is 32.8 Å². The summed E-state index contributed by atoms with van der Waals surface area (Å²) in [5.41, 5.74) is 0.574. The lowest BCUT2D eigenvalue weighted by atomic mass is 10.0. The fourth-order valence-corrected chi connectivity index (χ4v) is 3.63. The number of carbonyl (C=O) groups is 1. The summed E-state index contributed by atoms with van der Waals surface area (Å²) >= 11 is 1.27. The number of nitrogens with one attached hydrogen (secondary N) is 1. The zero-order valence-corrected chi connectivity index (χ0v) is 15.2. The van der Waals surface area contributed by atoms with Crippen molar-refractivity contribution in [2.24, 2.45) is 0 Å². The summed E-state index contributed by atoms with van der Waals surface area (Å²) in [7, 11) is 0. The van der Waals surface area contributed by atoms with Gasteiger partial charge >= 0.3 is 0 Å². The Bertz CT molecular complexity index is 741. The molecular weight excluding hydrogens is 341 g/mol. The summed E-state index contributed by atoms with van der Waals surface area (Å²) in [6.07, 6.45) is 0. The van der Waals surface area contributed by atoms with Crippen LogP contribution in [-0.2, 0) is 4.74 Å². The van der Waals surface area contributed by atoms with Crippen molar-refractivity contribution in [2.45, 2.75) is 19.4 Å². The van der Waals surface area contributed by atoms with E-state index in [9.17, 15) is 9.18 Å². The van der Waals surface area contributed by atoms with Gasteiger partial charge in [-0.1, -0.05) is 12.1 Å². The van der Waals surface area contributed by atoms with Gasteiger partial charge in [0.2, 0.25) is 0 Å². The molecule has 1 saturated heterocycles. The van der Waals surface area contributed by atoms with Gasteiger partial charge in [-0.25, -0.2) is 9.37 Å². The fourth-order valence-electron chi connectivity index (χ4n) is 2.80. The van der Waals surface area contributed by atoms with Crippen LogP contribution in [0.4, 0.5) is 4.39 Å². The van der Waals surface area contributed by atoms with Crippen molar-refractivity contribution >= 4 is 17.2 Å². The van der Waals surface area contributed by atoms with E-state index in [0.717, 1.165) is 26.3 Å². The Labute approximate surface area is 150 Å². The average Bonchev–Trinajstić information content (AvgIpc) is 3.11. The van der Waals surface area contributed by atoms with Gasteiger partial charge in [-0.05, 0) is 26.0 Å². The van der Waals surface area contributed by atoms with E-state index in [0.29, 0.717) is 22.8 Å². The van der Waals surface area contributed by atoms with Crippen LogP contribution in [-0.4, -0.2) is 54.2 Å². The molecule has 2 aromatic rings. The predicted octanol–water partition coefficient (Wildman–Crippen LogP) is 2.79. The smallest absolute Gasteiger partial charge is 0.270 e. The fraction of sp³-hybridized carbons (Fsp3) is 0.444. The second-order valence-electron chi connectivity index (χ2n) is 6.61. The first-order valence-corrected chi connectivity index (χ1v) is 9.17. The molecule has 1 aliphatic heterocycles. The summed E-state index contributed by atoms with van der Waals surface area (Å²) in [5.74, 6) is -0.572. The zero-order valence-electron chi connectivity index (χ0n) is 14.4. The number of carbonyl (C=O) groups excluding carboxylic acids is 1. The predicted molar refractivity (Wildman–Crippen MR) is 96.3 cm³/mol. The van der Waals surface area contributed by atoms with Crippen molar-refractivity contribution in [3.63, 3.8) is 0 Å². The quantitative estimate of drug-likeness (QED) is 0.888. The number of aromatic nitrogens is 1. The maximum absolute atomic E-state index is 13.8. The Hall–Kier alpha value is -1.83. The maximum Gasteiger partial charge on any atom is 0.270 e. The van der Waals surface area contributed by atoms with E-state index >= 15 is 0 Å². The van der Waals surface area contributed by atoms with Crippen LogP contribution in [0.2, 0.25) is 0 Å². The van der Waals surface area contributed by atoms with Crippen LogP contribution in [0, 0.1) is 5.82 Å². The number of morpholine rings is 1. The van der Waals surface area contributed by atoms with Crippen LogP contribution in [0.1, 0.15) is 24.3 Å². The Kier molecular flexibility index (Phi) is 5.46. The largest absolute Gasteiger partial charge is 0.379 e. The Morgan fingerprint density at radius 2 is 2.08 bits per heavy atom. The van der Waals surface area contributed by atoms with Gasteiger partial charge in [0.1, 0.15) is 16.5 Å². The third-order valence-corrected chi connectivity index (χ3v) is 5.27. The Balaban J connectivity index is 1.63. The van der Waals surface area contributed by atoms with Crippen LogP contribution >= 0.6 is 11.3 Å². The molecule has 1 aliphatic rings. The van der Waals surface area contributed by atoms with Gasteiger partial charge < -0.3 is 10.1 Å². The molecule has 1 fully saturated rings. The summed E-state index contributed by atoms with van der Waals surface area (Å²) < 4.78 is 19.2. The topological polar surface area (TPSA) is 54.5 Å². The first-order chi connectivity index (χ1) is 12.0. The Morgan fingerprint density at radius 1 is 1.36 bits per heavy atom. The molecule has 3 rings (SSSR count). The number of hydrogen-bond acceptors (Lipinski definition) is 5. The van der Waals surface area contributed by atoms with Gasteiger partial charge in [-0.15, -0.1) is 11.3 Å². The monoisotopic (exact) mass is 363 g/mol. The van der Waals surface area contributed by atoms with Crippen molar-refractivity contribution in [3.05, 3.63) is 41.2 Å². The highest BCUT2D eigenvalue weighted by atomic mass is 32.1. The molecule has 1 N–H and O–H groups in total. The van der Waals surface area contributed by atoms with Crippen molar-refractivity contribution in [1.82, 2.24) is 15.2 Å². The Morgan fingerprint density at radius 3 is 2.80 bits per heavy atom. The van der Waals surface area contributed by atoms with Gasteiger partial charge in [0.15, 0.2) is 0 Å². The van der Waals surface area contributed by atoms with Crippen molar-refractivity contribution in [3.8, 4) is 10.6 Å². The molecule has 25 heavy (non-hydrogen) atoms. The van der Waals surface area contributed by atoms with Gasteiger partial charge in [-0.2, -0.15) is 0 Å².